The standard InChI is InChI=1S/C16H23N3O2/c1-3-19(4-2)15(20)11-18-16(21)14-9-12-7-5-6-8-13(12)10-17-14/h5-8,14,17H,3-4,9-11H2,1-2H3,(H,18,21)/t14-/m1/s1. The summed E-state index contributed by atoms with van der Waals surface area (Å²) in [6.45, 7) is 5.96. The Morgan fingerprint density at radius 2 is 1.90 bits per heavy atom. The molecule has 5 nitrogen and oxygen atoms in total. The topological polar surface area (TPSA) is 61.4 Å². The van der Waals surface area contributed by atoms with Gasteiger partial charge in [0.15, 0.2) is 0 Å². The van der Waals surface area contributed by atoms with Gasteiger partial charge < -0.3 is 15.5 Å². The van der Waals surface area contributed by atoms with E-state index in [2.05, 4.69) is 22.8 Å². The van der Waals surface area contributed by atoms with Crippen molar-refractivity contribution in [1.29, 1.82) is 0 Å². The third-order valence-corrected chi connectivity index (χ3v) is 3.93. The first-order valence-electron chi connectivity index (χ1n) is 7.51. The Morgan fingerprint density at radius 1 is 1.24 bits per heavy atom. The molecular weight excluding hydrogens is 266 g/mol. The van der Waals surface area contributed by atoms with Crippen molar-refractivity contribution in [3.05, 3.63) is 35.4 Å². The van der Waals surface area contributed by atoms with Crippen LogP contribution in [0.5, 0.6) is 0 Å². The molecule has 1 aliphatic rings. The van der Waals surface area contributed by atoms with Gasteiger partial charge in [-0.15, -0.1) is 0 Å². The number of hydrogen-bond acceptors (Lipinski definition) is 3. The third-order valence-electron chi connectivity index (χ3n) is 3.93. The van der Waals surface area contributed by atoms with Crippen LogP contribution in [0.1, 0.15) is 25.0 Å². The molecule has 0 unspecified atom stereocenters. The number of carbonyl (C=O) groups excluding carboxylic acids is 2. The van der Waals surface area contributed by atoms with Gasteiger partial charge in [0.1, 0.15) is 0 Å². The lowest BCUT2D eigenvalue weighted by Gasteiger charge is -2.26. The Morgan fingerprint density at radius 3 is 2.57 bits per heavy atom. The van der Waals surface area contributed by atoms with Crippen LogP contribution in [0.4, 0.5) is 0 Å². The smallest absolute Gasteiger partial charge is 0.241 e. The van der Waals surface area contributed by atoms with Crippen LogP contribution in [0, 0.1) is 0 Å². The molecule has 5 heteroatoms. The van der Waals surface area contributed by atoms with Gasteiger partial charge in [-0.2, -0.15) is 0 Å². The molecule has 2 rings (SSSR count). The highest BCUT2D eigenvalue weighted by molar-refractivity contribution is 5.87. The van der Waals surface area contributed by atoms with E-state index in [1.807, 2.05) is 26.0 Å². The molecule has 0 fully saturated rings. The van der Waals surface area contributed by atoms with E-state index in [0.717, 1.165) is 0 Å². The number of fused-ring (bicyclic) bond motifs is 1. The summed E-state index contributed by atoms with van der Waals surface area (Å²) in [6, 6.07) is 7.86. The Labute approximate surface area is 125 Å². The molecule has 2 amide bonds. The summed E-state index contributed by atoms with van der Waals surface area (Å²) in [5.74, 6) is -0.144. The second kappa shape index (κ2) is 7.22. The van der Waals surface area contributed by atoms with Gasteiger partial charge in [0.05, 0.1) is 12.6 Å². The molecule has 0 bridgehead atoms. The van der Waals surface area contributed by atoms with Crippen LogP contribution in [-0.2, 0) is 22.6 Å². The minimum absolute atomic E-state index is 0.0374. The fourth-order valence-corrected chi connectivity index (χ4v) is 2.61. The van der Waals surface area contributed by atoms with Crippen LogP contribution >= 0.6 is 0 Å². The predicted molar refractivity (Wildman–Crippen MR) is 81.7 cm³/mol. The molecule has 1 aromatic rings. The Hall–Kier alpha value is -1.88. The number of nitrogens with one attached hydrogen (secondary N) is 2. The van der Waals surface area contributed by atoms with Crippen molar-refractivity contribution in [2.24, 2.45) is 0 Å². The lowest BCUT2D eigenvalue weighted by molar-refractivity contribution is -0.133. The van der Waals surface area contributed by atoms with E-state index in [1.165, 1.54) is 11.1 Å². The molecule has 0 saturated carbocycles. The maximum atomic E-state index is 12.2. The molecule has 0 aliphatic carbocycles. The van der Waals surface area contributed by atoms with Crippen LogP contribution in [0.15, 0.2) is 24.3 Å². The summed E-state index contributed by atoms with van der Waals surface area (Å²) in [5, 5.41) is 5.96. The maximum absolute atomic E-state index is 12.2. The van der Waals surface area contributed by atoms with Crippen LogP contribution < -0.4 is 10.6 Å². The van der Waals surface area contributed by atoms with Gasteiger partial charge in [-0.05, 0) is 31.4 Å². The van der Waals surface area contributed by atoms with E-state index >= 15 is 0 Å². The molecule has 0 aromatic heterocycles. The predicted octanol–water partition coefficient (Wildman–Crippen LogP) is 0.686. The summed E-state index contributed by atoms with van der Waals surface area (Å²) in [5.41, 5.74) is 2.44. The average Bonchev–Trinajstić information content (AvgIpc) is 2.53. The van der Waals surface area contributed by atoms with E-state index in [0.29, 0.717) is 26.1 Å². The van der Waals surface area contributed by atoms with Crippen LogP contribution in [-0.4, -0.2) is 42.4 Å². The van der Waals surface area contributed by atoms with Crippen molar-refractivity contribution in [2.45, 2.75) is 32.9 Å². The largest absolute Gasteiger partial charge is 0.346 e. The highest BCUT2D eigenvalue weighted by Crippen LogP contribution is 2.16. The molecular formula is C16H23N3O2. The molecule has 1 aromatic carbocycles. The van der Waals surface area contributed by atoms with E-state index < -0.39 is 0 Å². The van der Waals surface area contributed by atoms with Crippen molar-refractivity contribution in [1.82, 2.24) is 15.5 Å². The fourth-order valence-electron chi connectivity index (χ4n) is 2.61. The Kier molecular flexibility index (Phi) is 5.33. The number of nitrogens with zero attached hydrogens (tertiary/aromatic N) is 1. The van der Waals surface area contributed by atoms with Gasteiger partial charge in [-0.1, -0.05) is 24.3 Å². The summed E-state index contributed by atoms with van der Waals surface area (Å²) < 4.78 is 0. The lowest BCUT2D eigenvalue weighted by Crippen LogP contribution is -2.50. The molecule has 0 saturated heterocycles. The zero-order valence-electron chi connectivity index (χ0n) is 12.7. The number of carbonyl (C=O) groups is 2. The van der Waals surface area contributed by atoms with E-state index in [-0.39, 0.29) is 24.4 Å². The number of likely N-dealkylation sites (N-methyl/N-ethyl adjacent to an activating group) is 1. The van der Waals surface area contributed by atoms with Gasteiger partial charge in [0, 0.05) is 19.6 Å². The van der Waals surface area contributed by atoms with Gasteiger partial charge >= 0.3 is 0 Å². The summed E-state index contributed by atoms with van der Waals surface area (Å²) in [6.07, 6.45) is 0.668. The van der Waals surface area contributed by atoms with Crippen molar-refractivity contribution in [3.63, 3.8) is 0 Å². The quantitative estimate of drug-likeness (QED) is 0.838. The first-order valence-corrected chi connectivity index (χ1v) is 7.51. The van der Waals surface area contributed by atoms with Gasteiger partial charge in [0.25, 0.3) is 0 Å². The molecule has 1 atom stereocenters. The van der Waals surface area contributed by atoms with E-state index in [1.54, 1.807) is 4.90 Å². The minimum atomic E-state index is -0.260. The normalized spacial score (nSPS) is 17.0. The van der Waals surface area contributed by atoms with Crippen LogP contribution in [0.2, 0.25) is 0 Å². The SMILES string of the molecule is CCN(CC)C(=O)CNC(=O)[C@H]1Cc2ccccc2CN1. The molecule has 2 N–H and O–H groups in total. The van der Waals surface area contributed by atoms with Crippen molar-refractivity contribution >= 4 is 11.8 Å². The van der Waals surface area contributed by atoms with E-state index in [9.17, 15) is 9.59 Å². The molecule has 0 spiro atoms. The van der Waals surface area contributed by atoms with Crippen LogP contribution in [0.25, 0.3) is 0 Å². The number of rotatable bonds is 5. The average molecular weight is 289 g/mol. The summed E-state index contributed by atoms with van der Waals surface area (Å²) >= 11 is 0. The Balaban J connectivity index is 1.86. The zero-order chi connectivity index (χ0) is 15.2. The molecule has 114 valence electrons. The zero-order valence-corrected chi connectivity index (χ0v) is 12.7. The van der Waals surface area contributed by atoms with Crippen molar-refractivity contribution in [2.75, 3.05) is 19.6 Å². The highest BCUT2D eigenvalue weighted by Gasteiger charge is 2.24. The number of hydrogen-bond donors (Lipinski definition) is 2. The van der Waals surface area contributed by atoms with Gasteiger partial charge in [0.2, 0.25) is 11.8 Å². The van der Waals surface area contributed by atoms with Gasteiger partial charge in [-0.3, -0.25) is 9.59 Å². The summed E-state index contributed by atoms with van der Waals surface area (Å²) in [7, 11) is 0. The molecule has 1 aliphatic heterocycles. The second-order valence-corrected chi connectivity index (χ2v) is 5.19. The van der Waals surface area contributed by atoms with Crippen molar-refractivity contribution in [3.8, 4) is 0 Å². The molecule has 21 heavy (non-hydrogen) atoms. The number of benzene rings is 1. The second-order valence-electron chi connectivity index (χ2n) is 5.19. The van der Waals surface area contributed by atoms with Crippen LogP contribution in [0.3, 0.4) is 0 Å². The van der Waals surface area contributed by atoms with Gasteiger partial charge in [-0.25, -0.2) is 0 Å². The highest BCUT2D eigenvalue weighted by atomic mass is 16.2. The number of amides is 2. The Bertz CT molecular complexity index is 512. The molecule has 1 heterocycles. The van der Waals surface area contributed by atoms with Crippen molar-refractivity contribution < 1.29 is 9.59 Å². The third kappa shape index (κ3) is 3.82. The summed E-state index contributed by atoms with van der Waals surface area (Å²) in [4.78, 5) is 25.8. The minimum Gasteiger partial charge on any atom is -0.346 e. The first kappa shape index (κ1) is 15.5. The lowest BCUT2D eigenvalue weighted by atomic mass is 9.95. The maximum Gasteiger partial charge on any atom is 0.241 e. The first-order chi connectivity index (χ1) is 10.2. The van der Waals surface area contributed by atoms with E-state index in [4.69, 9.17) is 0 Å². The monoisotopic (exact) mass is 289 g/mol. The molecule has 0 radical (unpaired) electrons. The fraction of sp³-hybridized carbons (Fsp3) is 0.500.